The van der Waals surface area contributed by atoms with E-state index in [9.17, 15) is 9.59 Å². The Morgan fingerprint density at radius 2 is 1.12 bits per heavy atom. The van der Waals surface area contributed by atoms with Crippen LogP contribution in [0.1, 0.15) is 27.7 Å². The Labute approximate surface area is 112 Å². The van der Waals surface area contributed by atoms with E-state index in [1.165, 1.54) is 0 Å². The van der Waals surface area contributed by atoms with Crippen molar-refractivity contribution in [1.29, 1.82) is 0 Å². The van der Waals surface area contributed by atoms with E-state index < -0.39 is 35.2 Å². The number of carbonyl (C=O) groups is 2. The van der Waals surface area contributed by atoms with E-state index in [0.717, 1.165) is 0 Å². The number of halogens is 2. The van der Waals surface area contributed by atoms with Crippen molar-refractivity contribution in [3.8, 4) is 0 Å². The molecule has 0 spiro atoms. The first-order valence-electron chi connectivity index (χ1n) is 5.36. The quantitative estimate of drug-likeness (QED) is 0.725. The first-order valence-corrected chi connectivity index (χ1v) is 13.3. The zero-order valence-electron chi connectivity index (χ0n) is 10.3. The molecule has 0 aromatic heterocycles. The molecule has 0 heterocycles. The molecule has 7 heteroatoms. The fourth-order valence-electron chi connectivity index (χ4n) is 1.51. The van der Waals surface area contributed by atoms with Gasteiger partial charge in [-0.15, -0.1) is 0 Å². The van der Waals surface area contributed by atoms with E-state index in [0.29, 0.717) is 0 Å². The molecule has 0 saturated carbocycles. The van der Waals surface area contributed by atoms with Gasteiger partial charge in [-0.3, -0.25) is 0 Å². The SMILES string of the molecule is CC(C(=O)O)[CH](C)[Ge]([Cl])([Cl])[CH](C)C(C)C(=O)O. The van der Waals surface area contributed by atoms with Crippen LogP contribution in [0.2, 0.25) is 9.50 Å². The van der Waals surface area contributed by atoms with Crippen LogP contribution in [-0.4, -0.2) is 33.6 Å². The zero-order chi connectivity index (χ0) is 14.0. The van der Waals surface area contributed by atoms with Crippen LogP contribution in [-0.2, 0) is 9.59 Å². The summed E-state index contributed by atoms with van der Waals surface area (Å²) in [7, 11) is 12.7. The van der Waals surface area contributed by atoms with Gasteiger partial charge in [-0.2, -0.15) is 0 Å². The van der Waals surface area contributed by atoms with Crippen molar-refractivity contribution in [1.82, 2.24) is 0 Å². The standard InChI is InChI=1S/C10H18Cl2GeO4/c1-5(9(14)15)7(3)13(11,12)8(4)6(2)10(16)17/h5-8H,1-4H3,(H,14,15)(H,16,17). The normalized spacial score (nSPS) is 19.2. The van der Waals surface area contributed by atoms with Gasteiger partial charge in [0.15, 0.2) is 0 Å². The topological polar surface area (TPSA) is 74.6 Å². The van der Waals surface area contributed by atoms with Gasteiger partial charge in [0.05, 0.1) is 0 Å². The van der Waals surface area contributed by atoms with E-state index in [2.05, 4.69) is 0 Å². The van der Waals surface area contributed by atoms with Gasteiger partial charge in [0.25, 0.3) is 0 Å². The van der Waals surface area contributed by atoms with Gasteiger partial charge in [0, 0.05) is 0 Å². The predicted octanol–water partition coefficient (Wildman–Crippen LogP) is 3.13. The molecular weight excluding hydrogens is 328 g/mol. The van der Waals surface area contributed by atoms with Crippen LogP contribution in [0.4, 0.5) is 0 Å². The number of hydrogen-bond acceptors (Lipinski definition) is 2. The molecule has 17 heavy (non-hydrogen) atoms. The summed E-state index contributed by atoms with van der Waals surface area (Å²) in [6, 6.07) is 0. The molecule has 0 saturated heterocycles. The van der Waals surface area contributed by atoms with Crippen molar-refractivity contribution in [2.24, 2.45) is 11.8 Å². The third-order valence-corrected chi connectivity index (χ3v) is 17.8. The second-order valence-corrected chi connectivity index (χ2v) is 18.7. The molecule has 0 aliphatic rings. The first-order chi connectivity index (χ1) is 7.53. The monoisotopic (exact) mass is 346 g/mol. The summed E-state index contributed by atoms with van der Waals surface area (Å²) in [6.07, 6.45) is 0. The number of carboxylic acid groups (broad SMARTS) is 2. The molecule has 0 aliphatic heterocycles. The summed E-state index contributed by atoms with van der Waals surface area (Å²) in [5.74, 6) is -3.23. The Morgan fingerprint density at radius 3 is 1.29 bits per heavy atom. The summed E-state index contributed by atoms with van der Waals surface area (Å²) in [6.45, 7) is 6.50. The van der Waals surface area contributed by atoms with Gasteiger partial charge in [-0.1, -0.05) is 0 Å². The van der Waals surface area contributed by atoms with Crippen molar-refractivity contribution in [3.05, 3.63) is 0 Å². The van der Waals surface area contributed by atoms with Crippen LogP contribution >= 0.6 is 20.0 Å². The van der Waals surface area contributed by atoms with Crippen LogP contribution in [0, 0.1) is 11.8 Å². The molecule has 4 nitrogen and oxygen atoms in total. The summed E-state index contributed by atoms with van der Waals surface area (Å²) in [5, 5.41) is 17.9. The van der Waals surface area contributed by atoms with E-state index in [1.54, 1.807) is 27.7 Å². The average molecular weight is 346 g/mol. The summed E-state index contributed by atoms with van der Waals surface area (Å²) >= 11 is -3.53. The Morgan fingerprint density at radius 1 is 0.882 bits per heavy atom. The number of carboxylic acids is 2. The summed E-state index contributed by atoms with van der Waals surface area (Å²) in [5.41, 5.74) is 0. The summed E-state index contributed by atoms with van der Waals surface area (Å²) < 4.78 is -0.736. The van der Waals surface area contributed by atoms with Gasteiger partial charge in [0.1, 0.15) is 0 Å². The molecule has 100 valence electrons. The molecule has 0 bridgehead atoms. The van der Waals surface area contributed by atoms with Crippen molar-refractivity contribution >= 4 is 43.4 Å². The van der Waals surface area contributed by atoms with Crippen LogP contribution in [0.5, 0.6) is 0 Å². The maximum absolute atomic E-state index is 10.9. The second kappa shape index (κ2) is 6.29. The maximum atomic E-state index is 10.9. The molecule has 0 aromatic carbocycles. The Bertz CT molecular complexity index is 281. The fourth-order valence-corrected chi connectivity index (χ4v) is 10.6. The van der Waals surface area contributed by atoms with Crippen molar-refractivity contribution in [2.45, 2.75) is 37.2 Å². The van der Waals surface area contributed by atoms with Crippen molar-refractivity contribution in [3.63, 3.8) is 0 Å². The van der Waals surface area contributed by atoms with Gasteiger partial charge in [0.2, 0.25) is 0 Å². The van der Waals surface area contributed by atoms with Gasteiger partial charge in [-0.05, 0) is 0 Å². The van der Waals surface area contributed by atoms with Gasteiger partial charge in [-0.25, -0.2) is 0 Å². The summed E-state index contributed by atoms with van der Waals surface area (Å²) in [4.78, 5) is 21.8. The molecular formula is C10H18Cl2GeO4. The van der Waals surface area contributed by atoms with E-state index in [4.69, 9.17) is 30.2 Å². The Hall–Kier alpha value is 0.0629. The van der Waals surface area contributed by atoms with Crippen LogP contribution in [0.15, 0.2) is 0 Å². The van der Waals surface area contributed by atoms with Crippen molar-refractivity contribution in [2.75, 3.05) is 0 Å². The third kappa shape index (κ3) is 4.03. The molecule has 4 unspecified atom stereocenters. The Kier molecular flexibility index (Phi) is 6.32. The number of aliphatic carboxylic acids is 2. The van der Waals surface area contributed by atoms with Crippen molar-refractivity contribution < 1.29 is 19.8 Å². The Balaban J connectivity index is 4.99. The number of hydrogen-bond donors (Lipinski definition) is 2. The second-order valence-electron chi connectivity index (χ2n) is 4.51. The van der Waals surface area contributed by atoms with E-state index >= 15 is 0 Å². The molecule has 0 aromatic rings. The molecule has 4 atom stereocenters. The van der Waals surface area contributed by atoms with E-state index in [-0.39, 0.29) is 9.50 Å². The first kappa shape index (κ1) is 17.1. The van der Waals surface area contributed by atoms with E-state index in [1.807, 2.05) is 0 Å². The zero-order valence-corrected chi connectivity index (χ0v) is 13.9. The van der Waals surface area contributed by atoms with Crippen LogP contribution in [0.25, 0.3) is 0 Å². The predicted molar refractivity (Wildman–Crippen MR) is 69.9 cm³/mol. The van der Waals surface area contributed by atoms with Gasteiger partial charge >= 0.3 is 112 Å². The fraction of sp³-hybridized carbons (Fsp3) is 0.800. The average Bonchev–Trinajstić information content (AvgIpc) is 2.24. The molecule has 2 N–H and O–H groups in total. The van der Waals surface area contributed by atoms with Gasteiger partial charge < -0.3 is 0 Å². The molecule has 0 rings (SSSR count). The van der Waals surface area contributed by atoms with Crippen LogP contribution in [0.3, 0.4) is 0 Å². The third-order valence-electron chi connectivity index (χ3n) is 3.49. The number of rotatable bonds is 6. The van der Waals surface area contributed by atoms with Crippen LogP contribution < -0.4 is 0 Å². The minimum absolute atomic E-state index is 0.368. The minimum atomic E-state index is -3.53. The molecule has 0 amide bonds. The molecule has 0 radical (unpaired) electrons. The molecule has 0 fully saturated rings. The molecule has 0 aliphatic carbocycles.